The van der Waals surface area contributed by atoms with Gasteiger partial charge in [-0.2, -0.15) is 0 Å². The van der Waals surface area contributed by atoms with E-state index >= 15 is 0 Å². The predicted octanol–water partition coefficient (Wildman–Crippen LogP) is 3.20. The molecule has 0 spiro atoms. The van der Waals surface area contributed by atoms with E-state index in [1.807, 2.05) is 22.6 Å². The SMILES string of the molecule is O=Cc1c(I)ncc(C(F)F)c1Br. The number of pyridine rings is 1. The summed E-state index contributed by atoms with van der Waals surface area (Å²) < 4.78 is 25.1. The monoisotopic (exact) mass is 361 g/mol. The van der Waals surface area contributed by atoms with Crippen molar-refractivity contribution in [1.82, 2.24) is 4.98 Å². The average Bonchev–Trinajstić information content (AvgIpc) is 2.04. The zero-order valence-corrected chi connectivity index (χ0v) is 9.84. The molecule has 0 radical (unpaired) electrons. The third-order valence-corrected chi connectivity index (χ3v) is 3.13. The van der Waals surface area contributed by atoms with E-state index in [4.69, 9.17) is 0 Å². The van der Waals surface area contributed by atoms with E-state index in [0.29, 0.717) is 9.99 Å². The fraction of sp³-hybridized carbons (Fsp3) is 0.143. The van der Waals surface area contributed by atoms with Crippen LogP contribution in [0.3, 0.4) is 0 Å². The second-order valence-electron chi connectivity index (χ2n) is 2.15. The Morgan fingerprint density at radius 1 is 1.62 bits per heavy atom. The van der Waals surface area contributed by atoms with Gasteiger partial charge in [0.2, 0.25) is 0 Å². The molecule has 0 bridgehead atoms. The number of alkyl halides is 2. The summed E-state index contributed by atoms with van der Waals surface area (Å²) in [6.45, 7) is 0. The third-order valence-electron chi connectivity index (χ3n) is 1.38. The molecule has 0 fully saturated rings. The van der Waals surface area contributed by atoms with Gasteiger partial charge in [-0.25, -0.2) is 13.8 Å². The molecule has 70 valence electrons. The summed E-state index contributed by atoms with van der Waals surface area (Å²) in [7, 11) is 0. The average molecular weight is 362 g/mol. The van der Waals surface area contributed by atoms with Gasteiger partial charge in [0.25, 0.3) is 6.43 Å². The highest BCUT2D eigenvalue weighted by Crippen LogP contribution is 2.30. The van der Waals surface area contributed by atoms with Gasteiger partial charge in [-0.3, -0.25) is 4.79 Å². The van der Waals surface area contributed by atoms with E-state index in [0.717, 1.165) is 6.20 Å². The van der Waals surface area contributed by atoms with Gasteiger partial charge in [-0.05, 0) is 38.5 Å². The minimum atomic E-state index is -2.63. The van der Waals surface area contributed by atoms with E-state index in [2.05, 4.69) is 20.9 Å². The summed E-state index contributed by atoms with van der Waals surface area (Å²) >= 11 is 4.75. The van der Waals surface area contributed by atoms with Crippen LogP contribution in [0.15, 0.2) is 10.7 Å². The molecule has 2 nitrogen and oxygen atoms in total. The first-order chi connectivity index (χ1) is 6.07. The van der Waals surface area contributed by atoms with Crippen molar-refractivity contribution in [3.63, 3.8) is 0 Å². The second kappa shape index (κ2) is 4.41. The molecular weight excluding hydrogens is 359 g/mol. The summed E-state index contributed by atoms with van der Waals surface area (Å²) in [6, 6.07) is 0. The van der Waals surface area contributed by atoms with Gasteiger partial charge in [0.1, 0.15) is 3.70 Å². The molecule has 0 atom stereocenters. The van der Waals surface area contributed by atoms with Crippen LogP contribution in [0.1, 0.15) is 22.3 Å². The van der Waals surface area contributed by atoms with Crippen LogP contribution in [0.4, 0.5) is 8.78 Å². The number of rotatable bonds is 2. The summed E-state index contributed by atoms with van der Waals surface area (Å²) in [6.07, 6.45) is -1.06. The third kappa shape index (κ3) is 2.22. The lowest BCUT2D eigenvalue weighted by molar-refractivity contribution is 0.112. The van der Waals surface area contributed by atoms with E-state index < -0.39 is 6.43 Å². The van der Waals surface area contributed by atoms with E-state index in [-0.39, 0.29) is 15.6 Å². The Hall–Kier alpha value is -0.110. The van der Waals surface area contributed by atoms with Crippen LogP contribution in [0.2, 0.25) is 0 Å². The molecule has 0 saturated heterocycles. The van der Waals surface area contributed by atoms with Crippen LogP contribution < -0.4 is 0 Å². The summed E-state index contributed by atoms with van der Waals surface area (Å²) in [5.41, 5.74) is -0.0964. The molecule has 0 saturated carbocycles. The first kappa shape index (κ1) is 11.0. The fourth-order valence-corrected chi connectivity index (χ4v) is 2.21. The van der Waals surface area contributed by atoms with Crippen molar-refractivity contribution in [2.75, 3.05) is 0 Å². The number of hydrogen-bond acceptors (Lipinski definition) is 2. The minimum Gasteiger partial charge on any atom is -0.298 e. The number of nitrogens with zero attached hydrogens (tertiary/aromatic N) is 1. The Bertz CT molecular complexity index is 346. The molecule has 0 aliphatic heterocycles. The molecule has 1 aromatic rings. The molecule has 1 aromatic heterocycles. The van der Waals surface area contributed by atoms with Crippen molar-refractivity contribution >= 4 is 44.8 Å². The maximum Gasteiger partial charge on any atom is 0.266 e. The predicted molar refractivity (Wildman–Crippen MR) is 55.0 cm³/mol. The lowest BCUT2D eigenvalue weighted by Crippen LogP contribution is -1.98. The molecular formula is C7H3BrF2INO. The first-order valence-electron chi connectivity index (χ1n) is 3.15. The minimum absolute atomic E-state index is 0.122. The van der Waals surface area contributed by atoms with Crippen LogP contribution in [-0.2, 0) is 0 Å². The Morgan fingerprint density at radius 3 is 2.69 bits per heavy atom. The molecule has 1 heterocycles. The standard InChI is InChI=1S/C7H3BrF2INO/c8-5-3(6(9)10)1-12-7(11)4(5)2-13/h1-2,6H. The van der Waals surface area contributed by atoms with Crippen LogP contribution >= 0.6 is 38.5 Å². The van der Waals surface area contributed by atoms with Gasteiger partial charge in [0.15, 0.2) is 6.29 Å². The summed E-state index contributed by atoms with van der Waals surface area (Å²) in [5, 5.41) is 0. The van der Waals surface area contributed by atoms with Crippen molar-refractivity contribution in [1.29, 1.82) is 0 Å². The Labute approximate surface area is 95.0 Å². The maximum absolute atomic E-state index is 12.3. The molecule has 0 unspecified atom stereocenters. The number of halogens is 4. The van der Waals surface area contributed by atoms with Crippen molar-refractivity contribution in [2.24, 2.45) is 0 Å². The largest absolute Gasteiger partial charge is 0.298 e. The number of carbonyl (C=O) groups excluding carboxylic acids is 1. The van der Waals surface area contributed by atoms with Crippen LogP contribution in [0.25, 0.3) is 0 Å². The van der Waals surface area contributed by atoms with Gasteiger partial charge in [0.05, 0.1) is 11.1 Å². The van der Waals surface area contributed by atoms with E-state index in [9.17, 15) is 13.6 Å². The van der Waals surface area contributed by atoms with Gasteiger partial charge in [-0.1, -0.05) is 0 Å². The Balaban J connectivity index is 3.35. The second-order valence-corrected chi connectivity index (χ2v) is 3.97. The van der Waals surface area contributed by atoms with E-state index in [1.165, 1.54) is 0 Å². The van der Waals surface area contributed by atoms with Crippen LogP contribution in [0, 0.1) is 3.70 Å². The number of hydrogen-bond donors (Lipinski definition) is 0. The van der Waals surface area contributed by atoms with Crippen LogP contribution in [0.5, 0.6) is 0 Å². The fourth-order valence-electron chi connectivity index (χ4n) is 0.751. The number of carbonyl (C=O) groups is 1. The molecule has 13 heavy (non-hydrogen) atoms. The van der Waals surface area contributed by atoms with Crippen molar-refractivity contribution < 1.29 is 13.6 Å². The van der Waals surface area contributed by atoms with Gasteiger partial charge >= 0.3 is 0 Å². The van der Waals surface area contributed by atoms with E-state index in [1.54, 1.807) is 0 Å². The molecule has 0 aliphatic carbocycles. The highest BCUT2D eigenvalue weighted by molar-refractivity contribution is 14.1. The highest BCUT2D eigenvalue weighted by Gasteiger charge is 2.16. The molecule has 0 N–H and O–H groups in total. The summed E-state index contributed by atoms with van der Waals surface area (Å²) in [5.74, 6) is 0. The lowest BCUT2D eigenvalue weighted by atomic mass is 10.2. The maximum atomic E-state index is 12.3. The Morgan fingerprint density at radius 2 is 2.23 bits per heavy atom. The molecule has 0 aromatic carbocycles. The normalized spacial score (nSPS) is 10.5. The molecule has 0 aliphatic rings. The summed E-state index contributed by atoms with van der Waals surface area (Å²) in [4.78, 5) is 14.2. The van der Waals surface area contributed by atoms with Crippen LogP contribution in [-0.4, -0.2) is 11.3 Å². The number of aldehydes is 1. The molecule has 6 heteroatoms. The Kier molecular flexibility index (Phi) is 3.72. The lowest BCUT2D eigenvalue weighted by Gasteiger charge is -2.05. The molecule has 1 rings (SSSR count). The first-order valence-corrected chi connectivity index (χ1v) is 5.02. The highest BCUT2D eigenvalue weighted by atomic mass is 127. The number of aromatic nitrogens is 1. The molecule has 0 amide bonds. The van der Waals surface area contributed by atoms with Gasteiger partial charge in [-0.15, -0.1) is 0 Å². The van der Waals surface area contributed by atoms with Crippen molar-refractivity contribution in [3.05, 3.63) is 25.5 Å². The van der Waals surface area contributed by atoms with Crippen molar-refractivity contribution in [3.8, 4) is 0 Å². The quantitative estimate of drug-likeness (QED) is 0.460. The zero-order chi connectivity index (χ0) is 10.0. The topological polar surface area (TPSA) is 30.0 Å². The zero-order valence-electron chi connectivity index (χ0n) is 6.10. The van der Waals surface area contributed by atoms with Crippen molar-refractivity contribution in [2.45, 2.75) is 6.43 Å². The van der Waals surface area contributed by atoms with Gasteiger partial charge < -0.3 is 0 Å². The smallest absolute Gasteiger partial charge is 0.266 e. The van der Waals surface area contributed by atoms with Gasteiger partial charge in [0, 0.05) is 10.7 Å².